The number of nitriles is 1. The van der Waals surface area contributed by atoms with Crippen LogP contribution in [0.1, 0.15) is 11.1 Å². The Morgan fingerprint density at radius 1 is 1.23 bits per heavy atom. The van der Waals surface area contributed by atoms with E-state index in [1.165, 1.54) is 19.5 Å². The van der Waals surface area contributed by atoms with Gasteiger partial charge in [-0.1, -0.05) is 6.07 Å². The van der Waals surface area contributed by atoms with E-state index in [1.807, 2.05) is 10.8 Å². The van der Waals surface area contributed by atoms with Crippen molar-refractivity contribution in [2.75, 3.05) is 12.9 Å². The molecule has 2 rings (SSSR count). The number of pyridine rings is 1. The average Bonchev–Trinajstić information content (AvgIpc) is 2.57. The molecule has 0 unspecified atom stereocenters. The summed E-state index contributed by atoms with van der Waals surface area (Å²) in [5.74, 6) is -1.58. The van der Waals surface area contributed by atoms with Gasteiger partial charge in [-0.15, -0.1) is 0 Å². The predicted octanol–water partition coefficient (Wildman–Crippen LogP) is 2.61. The van der Waals surface area contributed by atoms with E-state index in [-0.39, 0.29) is 6.54 Å². The molecule has 0 aliphatic heterocycles. The van der Waals surface area contributed by atoms with Crippen LogP contribution in [0, 0.1) is 11.3 Å². The number of hydrogen-bond donors (Lipinski definition) is 1. The summed E-state index contributed by atoms with van der Waals surface area (Å²) < 4.78 is 66.6. The van der Waals surface area contributed by atoms with Crippen molar-refractivity contribution in [2.45, 2.75) is 12.7 Å². The summed E-state index contributed by atoms with van der Waals surface area (Å²) in [7, 11) is -3.07. The van der Waals surface area contributed by atoms with E-state index < -0.39 is 22.0 Å². The molecule has 1 N–H and O–H groups in total. The van der Waals surface area contributed by atoms with Crippen LogP contribution in [0.25, 0.3) is 11.1 Å². The summed E-state index contributed by atoms with van der Waals surface area (Å²) in [6.45, 7) is -0.327. The number of nitrogens with one attached hydrogen (secondary N) is 1. The second-order valence-corrected chi connectivity index (χ2v) is 7.11. The Morgan fingerprint density at radius 2 is 1.96 bits per heavy atom. The molecular formula is C16H14F3N3O3S. The number of sulfonamides is 1. The second-order valence-electron chi connectivity index (χ2n) is 5.30. The van der Waals surface area contributed by atoms with Gasteiger partial charge in [-0.05, 0) is 29.3 Å². The fourth-order valence-corrected chi connectivity index (χ4v) is 3.08. The molecule has 1 aromatic heterocycles. The van der Waals surface area contributed by atoms with E-state index in [9.17, 15) is 21.6 Å². The van der Waals surface area contributed by atoms with Gasteiger partial charge >= 0.3 is 6.18 Å². The zero-order valence-electron chi connectivity index (χ0n) is 13.5. The maximum Gasteiger partial charge on any atom is 0.404 e. The van der Waals surface area contributed by atoms with Crippen LogP contribution in [0.3, 0.4) is 0 Å². The van der Waals surface area contributed by atoms with Crippen molar-refractivity contribution in [2.24, 2.45) is 0 Å². The highest BCUT2D eigenvalue weighted by molar-refractivity contribution is 7.89. The molecule has 138 valence electrons. The minimum atomic E-state index is -4.81. The monoisotopic (exact) mass is 385 g/mol. The molecule has 0 radical (unpaired) electrons. The molecule has 2 aromatic rings. The number of nitrogens with zero attached hydrogens (tertiary/aromatic N) is 2. The first-order valence-electron chi connectivity index (χ1n) is 7.20. The Morgan fingerprint density at radius 3 is 2.58 bits per heavy atom. The van der Waals surface area contributed by atoms with Crippen molar-refractivity contribution in [1.29, 1.82) is 5.26 Å². The third-order valence-corrected chi connectivity index (χ3v) is 4.59. The minimum absolute atomic E-state index is 0.327. The number of aromatic nitrogens is 1. The predicted molar refractivity (Wildman–Crippen MR) is 87.6 cm³/mol. The fourth-order valence-electron chi connectivity index (χ4n) is 2.17. The summed E-state index contributed by atoms with van der Waals surface area (Å²) in [5.41, 5.74) is 1.99. The third-order valence-electron chi connectivity index (χ3n) is 3.30. The molecule has 0 saturated heterocycles. The van der Waals surface area contributed by atoms with Gasteiger partial charge in [0.25, 0.3) is 0 Å². The summed E-state index contributed by atoms with van der Waals surface area (Å²) in [6, 6.07) is 8.41. The zero-order valence-corrected chi connectivity index (χ0v) is 14.4. The van der Waals surface area contributed by atoms with Gasteiger partial charge < -0.3 is 4.74 Å². The van der Waals surface area contributed by atoms with Crippen LogP contribution in [0.5, 0.6) is 5.75 Å². The summed E-state index contributed by atoms with van der Waals surface area (Å²) in [4.78, 5) is 3.97. The van der Waals surface area contributed by atoms with Gasteiger partial charge in [-0.2, -0.15) is 18.4 Å². The highest BCUT2D eigenvalue weighted by Gasteiger charge is 2.34. The van der Waals surface area contributed by atoms with Crippen molar-refractivity contribution >= 4 is 10.0 Å². The number of benzene rings is 1. The molecule has 1 aromatic carbocycles. The smallest absolute Gasteiger partial charge is 0.404 e. The number of alkyl halides is 3. The maximum absolute atomic E-state index is 12.2. The Balaban J connectivity index is 2.20. The summed E-state index contributed by atoms with van der Waals surface area (Å²) >= 11 is 0. The van der Waals surface area contributed by atoms with Crippen molar-refractivity contribution in [3.63, 3.8) is 0 Å². The number of methoxy groups -OCH3 is 1. The molecular weight excluding hydrogens is 371 g/mol. The summed E-state index contributed by atoms with van der Waals surface area (Å²) in [6.07, 6.45) is -1.96. The van der Waals surface area contributed by atoms with Crippen LogP contribution in [0.15, 0.2) is 36.7 Å². The van der Waals surface area contributed by atoms with E-state index >= 15 is 0 Å². The van der Waals surface area contributed by atoms with Crippen LogP contribution >= 0.6 is 0 Å². The number of hydrogen-bond acceptors (Lipinski definition) is 5. The fraction of sp³-hybridized carbons (Fsp3) is 0.250. The molecule has 0 bridgehead atoms. The molecule has 10 heteroatoms. The van der Waals surface area contributed by atoms with Crippen molar-refractivity contribution in [3.8, 4) is 22.9 Å². The van der Waals surface area contributed by atoms with Crippen LogP contribution < -0.4 is 9.46 Å². The molecule has 1 heterocycles. The van der Waals surface area contributed by atoms with Gasteiger partial charge in [0, 0.05) is 24.5 Å². The molecule has 6 nitrogen and oxygen atoms in total. The quantitative estimate of drug-likeness (QED) is 0.825. The maximum atomic E-state index is 12.2. The highest BCUT2D eigenvalue weighted by Crippen LogP contribution is 2.27. The highest BCUT2D eigenvalue weighted by atomic mass is 32.2. The lowest BCUT2D eigenvalue weighted by Gasteiger charge is -2.10. The molecule has 0 atom stereocenters. The SMILES string of the molecule is COc1cc(-c2cncc(CNS(=O)(=O)CC(F)(F)F)c2)ccc1C#N. The van der Waals surface area contributed by atoms with Crippen LogP contribution in [-0.4, -0.2) is 32.4 Å². The van der Waals surface area contributed by atoms with E-state index in [0.717, 1.165) is 0 Å². The molecule has 0 saturated carbocycles. The first-order valence-corrected chi connectivity index (χ1v) is 8.85. The minimum Gasteiger partial charge on any atom is -0.495 e. The largest absolute Gasteiger partial charge is 0.495 e. The van der Waals surface area contributed by atoms with Gasteiger partial charge in [-0.3, -0.25) is 4.98 Å². The zero-order chi connectivity index (χ0) is 19.4. The molecule has 26 heavy (non-hydrogen) atoms. The van der Waals surface area contributed by atoms with E-state index in [1.54, 1.807) is 24.3 Å². The van der Waals surface area contributed by atoms with Crippen LogP contribution in [-0.2, 0) is 16.6 Å². The topological polar surface area (TPSA) is 92.1 Å². The summed E-state index contributed by atoms with van der Waals surface area (Å²) in [5, 5.41) is 8.99. The van der Waals surface area contributed by atoms with Crippen molar-refractivity contribution < 1.29 is 26.3 Å². The number of halogens is 3. The first kappa shape index (κ1) is 19.7. The first-order chi connectivity index (χ1) is 12.1. The van der Waals surface area contributed by atoms with Crippen molar-refractivity contribution in [3.05, 3.63) is 47.8 Å². The van der Waals surface area contributed by atoms with E-state index in [4.69, 9.17) is 10.00 Å². The molecule has 0 fully saturated rings. The molecule has 0 aliphatic carbocycles. The molecule has 0 amide bonds. The van der Waals surface area contributed by atoms with Gasteiger partial charge in [0.2, 0.25) is 10.0 Å². The number of rotatable bonds is 6. The molecule has 0 aliphatic rings. The Hall–Kier alpha value is -2.64. The molecule has 0 spiro atoms. The van der Waals surface area contributed by atoms with Crippen LogP contribution in [0.2, 0.25) is 0 Å². The second kappa shape index (κ2) is 7.72. The lowest BCUT2D eigenvalue weighted by atomic mass is 10.0. The van der Waals surface area contributed by atoms with Crippen LogP contribution in [0.4, 0.5) is 13.2 Å². The van der Waals surface area contributed by atoms with Gasteiger partial charge in [0.05, 0.1) is 12.7 Å². The Bertz CT molecular complexity index is 938. The van der Waals surface area contributed by atoms with Gasteiger partial charge in [-0.25, -0.2) is 13.1 Å². The third kappa shape index (κ3) is 5.44. The van der Waals surface area contributed by atoms with Crippen molar-refractivity contribution in [1.82, 2.24) is 9.71 Å². The van der Waals surface area contributed by atoms with Gasteiger partial charge in [0.1, 0.15) is 11.8 Å². The van der Waals surface area contributed by atoms with E-state index in [2.05, 4.69) is 4.98 Å². The normalized spacial score (nSPS) is 11.8. The Kier molecular flexibility index (Phi) is 5.84. The standard InChI is InChI=1S/C16H14F3N3O3S/c1-25-15-5-12(2-3-13(15)6-20)14-4-11(7-21-9-14)8-22-26(23,24)10-16(17,18)19/h2-5,7,9,22H,8,10H2,1H3. The lowest BCUT2D eigenvalue weighted by molar-refractivity contribution is -0.106. The average molecular weight is 385 g/mol. The van der Waals surface area contributed by atoms with Gasteiger partial charge in [0.15, 0.2) is 5.75 Å². The van der Waals surface area contributed by atoms with E-state index in [0.29, 0.717) is 28.0 Å². The number of ether oxygens (including phenoxy) is 1. The Labute approximate surface area is 148 Å². The lowest BCUT2D eigenvalue weighted by Crippen LogP contribution is -2.33.